The van der Waals surface area contributed by atoms with Gasteiger partial charge in [-0.3, -0.25) is 15.0 Å². The first-order valence-corrected chi connectivity index (χ1v) is 9.56. The zero-order valence-electron chi connectivity index (χ0n) is 16.6. The zero-order chi connectivity index (χ0) is 22.2. The van der Waals surface area contributed by atoms with Crippen LogP contribution in [0.2, 0.25) is 0 Å². The maximum Gasteiger partial charge on any atom is 0.256 e. The lowest BCUT2D eigenvalue weighted by Crippen LogP contribution is -2.44. The Bertz CT molecular complexity index is 1060. The van der Waals surface area contributed by atoms with Crippen LogP contribution in [0.5, 0.6) is 5.88 Å². The Hall–Kier alpha value is -4.26. The van der Waals surface area contributed by atoms with Crippen LogP contribution < -0.4 is 15.9 Å². The number of ether oxygens (including phenoxy) is 1. The summed E-state index contributed by atoms with van der Waals surface area (Å²) in [4.78, 5) is 30.6. The summed E-state index contributed by atoms with van der Waals surface area (Å²) in [7, 11) is 0. The predicted octanol–water partition coefficient (Wildman–Crippen LogP) is 1.78. The molecule has 4 N–H and O–H groups in total. The summed E-state index contributed by atoms with van der Waals surface area (Å²) < 4.78 is 5.89. The summed E-state index contributed by atoms with van der Waals surface area (Å²) in [5.41, 5.74) is 9.35. The van der Waals surface area contributed by atoms with E-state index in [0.717, 1.165) is 19.1 Å². The summed E-state index contributed by atoms with van der Waals surface area (Å²) in [5.74, 6) is -0.619. The second kappa shape index (κ2) is 9.98. The van der Waals surface area contributed by atoms with Crippen molar-refractivity contribution in [1.82, 2.24) is 9.88 Å². The second-order valence-corrected chi connectivity index (χ2v) is 6.81. The van der Waals surface area contributed by atoms with E-state index < -0.39 is 5.91 Å². The van der Waals surface area contributed by atoms with Gasteiger partial charge in [0.1, 0.15) is 6.10 Å². The maximum atomic E-state index is 13.2. The molecule has 2 amide bonds. The van der Waals surface area contributed by atoms with E-state index in [1.807, 2.05) is 6.07 Å². The number of hydrogen-bond donors (Lipinski definition) is 3. The largest absolute Gasteiger partial charge is 0.472 e. The highest BCUT2D eigenvalue weighted by atomic mass is 16.5. The van der Waals surface area contributed by atoms with Gasteiger partial charge in [-0.05, 0) is 37.1 Å². The number of hydrogen-bond acceptors (Lipinski definition) is 8. The van der Waals surface area contributed by atoms with Crippen LogP contribution in [0.4, 0.5) is 5.69 Å². The number of nitrogens with two attached hydrogens (primary N) is 1. The highest BCUT2D eigenvalue weighted by Crippen LogP contribution is 2.23. The Morgan fingerprint density at radius 1 is 1.39 bits per heavy atom. The molecule has 2 heterocycles. The fraction of sp³-hybridized carbons (Fsp3) is 0.238. The van der Waals surface area contributed by atoms with Crippen LogP contribution in [0.1, 0.15) is 39.1 Å². The molecule has 1 aliphatic heterocycles. The number of amides is 2. The van der Waals surface area contributed by atoms with Gasteiger partial charge in [0.05, 0.1) is 35.6 Å². The summed E-state index contributed by atoms with van der Waals surface area (Å²) in [6, 6.07) is 9.65. The number of likely N-dealkylation sites (tertiary alicyclic amines) is 1. The standard InChI is InChI=1S/C21H21N7O3/c22-6-8-26-27-18-4-3-15(20(24)29)11-17(18)21(30)28-9-1-2-16(13-28)31-19-10-14(12-23)5-7-25-19/h3-8,10-11,16,22,27H,1-2,9,13H2,(H2,24,29)/b22-6?,26-8-/t16-/m1/s1. The van der Waals surface area contributed by atoms with E-state index in [1.165, 1.54) is 24.5 Å². The van der Waals surface area contributed by atoms with E-state index in [4.69, 9.17) is 21.1 Å². The van der Waals surface area contributed by atoms with Crippen molar-refractivity contribution in [2.45, 2.75) is 18.9 Å². The van der Waals surface area contributed by atoms with Gasteiger partial charge in [0.2, 0.25) is 11.8 Å². The molecular weight excluding hydrogens is 398 g/mol. The van der Waals surface area contributed by atoms with Gasteiger partial charge in [0, 0.05) is 30.6 Å². The average molecular weight is 419 g/mol. The van der Waals surface area contributed by atoms with Crippen molar-refractivity contribution >= 4 is 29.9 Å². The number of pyridine rings is 1. The average Bonchev–Trinajstić information content (AvgIpc) is 2.79. The molecule has 1 saturated heterocycles. The van der Waals surface area contributed by atoms with E-state index in [2.05, 4.69) is 15.5 Å². The number of carbonyl (C=O) groups is 2. The van der Waals surface area contributed by atoms with E-state index in [-0.39, 0.29) is 23.1 Å². The molecule has 10 heteroatoms. The van der Waals surface area contributed by atoms with Crippen molar-refractivity contribution in [1.29, 1.82) is 10.7 Å². The number of nitrogens with zero attached hydrogens (tertiary/aromatic N) is 4. The number of aromatic nitrogens is 1. The molecule has 0 spiro atoms. The zero-order valence-corrected chi connectivity index (χ0v) is 16.6. The minimum absolute atomic E-state index is 0.201. The van der Waals surface area contributed by atoms with Crippen LogP contribution in [0.3, 0.4) is 0 Å². The van der Waals surface area contributed by atoms with Gasteiger partial charge in [-0.2, -0.15) is 10.4 Å². The van der Waals surface area contributed by atoms with Crippen molar-refractivity contribution in [2.24, 2.45) is 10.8 Å². The molecule has 10 nitrogen and oxygen atoms in total. The molecule has 1 aromatic carbocycles. The number of benzene rings is 1. The third-order valence-corrected chi connectivity index (χ3v) is 4.69. The summed E-state index contributed by atoms with van der Waals surface area (Å²) >= 11 is 0. The van der Waals surface area contributed by atoms with Gasteiger partial charge in [0.15, 0.2) is 0 Å². The third kappa shape index (κ3) is 5.42. The number of nitrogens with one attached hydrogen (secondary N) is 2. The molecule has 0 radical (unpaired) electrons. The maximum absolute atomic E-state index is 13.2. The molecule has 3 rings (SSSR count). The summed E-state index contributed by atoms with van der Waals surface area (Å²) in [6.07, 6.45) is 4.89. The molecular formula is C21H21N7O3. The monoisotopic (exact) mass is 419 g/mol. The Kier molecular flexibility index (Phi) is 6.90. The molecule has 0 unspecified atom stereocenters. The molecule has 1 aromatic heterocycles. The van der Waals surface area contributed by atoms with Gasteiger partial charge in [-0.1, -0.05) is 0 Å². The predicted molar refractivity (Wildman–Crippen MR) is 114 cm³/mol. The lowest BCUT2D eigenvalue weighted by Gasteiger charge is -2.33. The molecule has 0 aliphatic carbocycles. The lowest BCUT2D eigenvalue weighted by molar-refractivity contribution is 0.0528. The number of piperidine rings is 1. The molecule has 31 heavy (non-hydrogen) atoms. The highest BCUT2D eigenvalue weighted by molar-refractivity contribution is 6.14. The van der Waals surface area contributed by atoms with E-state index in [1.54, 1.807) is 23.1 Å². The number of primary amides is 1. The minimum atomic E-state index is -0.646. The fourth-order valence-corrected chi connectivity index (χ4v) is 3.22. The van der Waals surface area contributed by atoms with Crippen LogP contribution >= 0.6 is 0 Å². The van der Waals surface area contributed by atoms with Crippen LogP contribution in [-0.2, 0) is 0 Å². The van der Waals surface area contributed by atoms with Crippen molar-refractivity contribution in [3.05, 3.63) is 53.2 Å². The van der Waals surface area contributed by atoms with E-state index in [9.17, 15) is 9.59 Å². The Morgan fingerprint density at radius 2 is 2.23 bits per heavy atom. The van der Waals surface area contributed by atoms with Gasteiger partial charge < -0.3 is 20.8 Å². The molecule has 0 saturated carbocycles. The molecule has 158 valence electrons. The van der Waals surface area contributed by atoms with Crippen LogP contribution in [-0.4, -0.2) is 53.3 Å². The van der Waals surface area contributed by atoms with Crippen molar-refractivity contribution in [3.8, 4) is 11.9 Å². The molecule has 2 aromatic rings. The third-order valence-electron chi connectivity index (χ3n) is 4.69. The smallest absolute Gasteiger partial charge is 0.256 e. The normalized spacial score (nSPS) is 15.8. The first-order chi connectivity index (χ1) is 15.0. The first-order valence-electron chi connectivity index (χ1n) is 9.56. The molecule has 1 atom stereocenters. The number of hydrazone groups is 1. The Balaban J connectivity index is 1.79. The molecule has 1 fully saturated rings. The number of anilines is 1. The summed E-state index contributed by atoms with van der Waals surface area (Å²) in [6.45, 7) is 0.843. The number of rotatable bonds is 7. The Labute approximate surface area is 178 Å². The summed E-state index contributed by atoms with van der Waals surface area (Å²) in [5, 5.41) is 19.9. The number of carbonyl (C=O) groups excluding carboxylic acids is 2. The van der Waals surface area contributed by atoms with Gasteiger partial charge >= 0.3 is 0 Å². The van der Waals surface area contributed by atoms with Gasteiger partial charge in [0.25, 0.3) is 5.91 Å². The SMILES string of the molecule is N#Cc1ccnc(O[C@@H]2CCCN(C(=O)c3cc(C(N)=O)ccc3N/N=C\C=N)C2)c1. The second-order valence-electron chi connectivity index (χ2n) is 6.81. The minimum Gasteiger partial charge on any atom is -0.472 e. The van der Waals surface area contributed by atoms with Crippen LogP contribution in [0.25, 0.3) is 0 Å². The van der Waals surface area contributed by atoms with Gasteiger partial charge in [-0.25, -0.2) is 4.98 Å². The van der Waals surface area contributed by atoms with Crippen molar-refractivity contribution in [2.75, 3.05) is 18.5 Å². The van der Waals surface area contributed by atoms with Crippen LogP contribution in [0, 0.1) is 16.7 Å². The van der Waals surface area contributed by atoms with Crippen molar-refractivity contribution < 1.29 is 14.3 Å². The highest BCUT2D eigenvalue weighted by Gasteiger charge is 2.28. The van der Waals surface area contributed by atoms with E-state index >= 15 is 0 Å². The fourth-order valence-electron chi connectivity index (χ4n) is 3.22. The lowest BCUT2D eigenvalue weighted by atomic mass is 10.0. The first kappa shape index (κ1) is 21.4. The van der Waals surface area contributed by atoms with Crippen LogP contribution in [0.15, 0.2) is 41.6 Å². The van der Waals surface area contributed by atoms with Gasteiger partial charge in [-0.15, -0.1) is 0 Å². The topological polar surface area (TPSA) is 158 Å². The molecule has 1 aliphatic rings. The Morgan fingerprint density at radius 3 is 2.97 bits per heavy atom. The quantitative estimate of drug-likeness (QED) is 0.458. The number of nitriles is 1. The van der Waals surface area contributed by atoms with Crippen molar-refractivity contribution in [3.63, 3.8) is 0 Å². The molecule has 0 bridgehead atoms. The van der Waals surface area contributed by atoms with E-state index in [0.29, 0.717) is 30.2 Å².